The number of amides is 1. The molecule has 2 fully saturated rings. The minimum atomic E-state index is -0.837. The normalized spacial score (nSPS) is 36.4. The third kappa shape index (κ3) is 2.12. The molecule has 4 nitrogen and oxygen atoms in total. The van der Waals surface area contributed by atoms with Gasteiger partial charge in [0.15, 0.2) is 0 Å². The van der Waals surface area contributed by atoms with Gasteiger partial charge < -0.3 is 10.4 Å². The number of hydrogen-bond acceptors (Lipinski definition) is 2. The van der Waals surface area contributed by atoms with Gasteiger partial charge in [-0.1, -0.05) is 24.3 Å². The van der Waals surface area contributed by atoms with Crippen LogP contribution in [0.4, 0.5) is 5.69 Å². The number of hydrogen-bond donors (Lipinski definition) is 2. The van der Waals surface area contributed by atoms with Crippen molar-refractivity contribution < 1.29 is 14.7 Å². The van der Waals surface area contributed by atoms with Crippen LogP contribution in [-0.4, -0.2) is 17.0 Å². The van der Waals surface area contributed by atoms with Crippen molar-refractivity contribution in [3.63, 3.8) is 0 Å². The maximum Gasteiger partial charge on any atom is 0.307 e. The standard InChI is InChI=1S/C19H21NO3/c1-9-4-3-5-15(10(9)2)20-18(21)16-11-6-7-12(14-8-13(11)14)17(16)19(22)23/h3-7,11-14,16-17H,8H2,1-2H3,(H,20,21)(H,22,23)/t11-,12-,13-,14-,16+,17-/m0/s1. The summed E-state index contributed by atoms with van der Waals surface area (Å²) in [5, 5.41) is 12.7. The summed E-state index contributed by atoms with van der Waals surface area (Å²) in [5.41, 5.74) is 2.94. The monoisotopic (exact) mass is 311 g/mol. The molecule has 0 aromatic heterocycles. The molecule has 2 N–H and O–H groups in total. The van der Waals surface area contributed by atoms with Crippen LogP contribution in [0.3, 0.4) is 0 Å². The minimum absolute atomic E-state index is 0.0249. The Labute approximate surface area is 135 Å². The molecule has 6 atom stereocenters. The van der Waals surface area contributed by atoms with E-state index in [1.807, 2.05) is 38.1 Å². The van der Waals surface area contributed by atoms with Crippen LogP contribution < -0.4 is 5.32 Å². The van der Waals surface area contributed by atoms with Crippen molar-refractivity contribution in [2.24, 2.45) is 35.5 Å². The Balaban J connectivity index is 1.63. The molecule has 120 valence electrons. The number of carbonyl (C=O) groups is 2. The molecule has 0 saturated heterocycles. The second-order valence-corrected chi connectivity index (χ2v) is 7.23. The van der Waals surface area contributed by atoms with E-state index in [-0.39, 0.29) is 17.7 Å². The lowest BCUT2D eigenvalue weighted by atomic mass is 9.62. The van der Waals surface area contributed by atoms with Crippen molar-refractivity contribution in [1.82, 2.24) is 0 Å². The zero-order chi connectivity index (χ0) is 16.3. The molecule has 0 unspecified atom stereocenters. The van der Waals surface area contributed by atoms with E-state index < -0.39 is 17.8 Å². The topological polar surface area (TPSA) is 66.4 Å². The molecular formula is C19H21NO3. The highest BCUT2D eigenvalue weighted by Gasteiger charge is 2.62. The molecule has 4 aliphatic carbocycles. The first kappa shape index (κ1) is 14.5. The Bertz CT molecular complexity index is 723. The predicted octanol–water partition coefficient (Wildman–Crippen LogP) is 3.01. The Hall–Kier alpha value is -2.10. The number of carbonyl (C=O) groups excluding carboxylic acids is 1. The van der Waals surface area contributed by atoms with Gasteiger partial charge >= 0.3 is 5.97 Å². The van der Waals surface area contributed by atoms with Crippen molar-refractivity contribution in [3.05, 3.63) is 41.5 Å². The van der Waals surface area contributed by atoms with Gasteiger partial charge in [0.1, 0.15) is 0 Å². The molecule has 1 aromatic rings. The van der Waals surface area contributed by atoms with E-state index in [0.717, 1.165) is 23.2 Å². The van der Waals surface area contributed by atoms with Crippen molar-refractivity contribution in [2.45, 2.75) is 20.3 Å². The fraction of sp³-hybridized carbons (Fsp3) is 0.474. The summed E-state index contributed by atoms with van der Waals surface area (Å²) >= 11 is 0. The summed E-state index contributed by atoms with van der Waals surface area (Å²) in [6.07, 6.45) is 5.20. The van der Waals surface area contributed by atoms with Crippen LogP contribution in [0.1, 0.15) is 17.5 Å². The number of aryl methyl sites for hydroxylation is 1. The Morgan fingerprint density at radius 2 is 1.74 bits per heavy atom. The van der Waals surface area contributed by atoms with Crippen LogP contribution in [0.5, 0.6) is 0 Å². The van der Waals surface area contributed by atoms with Gasteiger partial charge in [-0.05, 0) is 61.1 Å². The number of allylic oxidation sites excluding steroid dienone is 2. The van der Waals surface area contributed by atoms with Gasteiger partial charge in [0, 0.05) is 5.69 Å². The van der Waals surface area contributed by atoms with Crippen molar-refractivity contribution in [1.29, 1.82) is 0 Å². The number of carboxylic acids is 1. The number of anilines is 1. The third-order valence-corrected chi connectivity index (χ3v) is 6.10. The predicted molar refractivity (Wildman–Crippen MR) is 86.9 cm³/mol. The lowest BCUT2D eigenvalue weighted by Crippen LogP contribution is -2.48. The van der Waals surface area contributed by atoms with Crippen LogP contribution in [0.15, 0.2) is 30.4 Å². The molecule has 5 rings (SSSR count). The Morgan fingerprint density at radius 3 is 2.39 bits per heavy atom. The first-order valence-electron chi connectivity index (χ1n) is 8.27. The smallest absolute Gasteiger partial charge is 0.307 e. The molecule has 2 bridgehead atoms. The van der Waals surface area contributed by atoms with E-state index in [1.54, 1.807) is 0 Å². The maximum absolute atomic E-state index is 12.9. The average Bonchev–Trinajstić information content (AvgIpc) is 3.33. The van der Waals surface area contributed by atoms with Gasteiger partial charge in [-0.3, -0.25) is 9.59 Å². The molecule has 23 heavy (non-hydrogen) atoms. The van der Waals surface area contributed by atoms with Crippen LogP contribution in [0.25, 0.3) is 0 Å². The van der Waals surface area contributed by atoms with E-state index in [0.29, 0.717) is 11.8 Å². The fourth-order valence-electron chi connectivity index (χ4n) is 4.67. The van der Waals surface area contributed by atoms with Gasteiger partial charge in [-0.15, -0.1) is 0 Å². The molecule has 2 saturated carbocycles. The number of carboxylic acid groups (broad SMARTS) is 1. The average molecular weight is 311 g/mol. The summed E-state index contributed by atoms with van der Waals surface area (Å²) in [7, 11) is 0. The summed E-state index contributed by atoms with van der Waals surface area (Å²) in [6.45, 7) is 3.98. The third-order valence-electron chi connectivity index (χ3n) is 6.10. The summed E-state index contributed by atoms with van der Waals surface area (Å²) in [6, 6.07) is 5.80. The largest absolute Gasteiger partial charge is 0.481 e. The highest BCUT2D eigenvalue weighted by Crippen LogP contribution is 2.63. The number of benzene rings is 1. The zero-order valence-corrected chi connectivity index (χ0v) is 13.3. The molecule has 0 spiro atoms. The Morgan fingerprint density at radius 1 is 1.09 bits per heavy atom. The summed E-state index contributed by atoms with van der Waals surface area (Å²) in [5.74, 6) is -0.921. The van der Waals surface area contributed by atoms with Crippen molar-refractivity contribution in [3.8, 4) is 0 Å². The lowest BCUT2D eigenvalue weighted by Gasteiger charge is -2.41. The number of fused-ring (bicyclic) bond motifs is 1. The second kappa shape index (κ2) is 4.95. The molecule has 4 aliphatic rings. The highest BCUT2D eigenvalue weighted by molar-refractivity contribution is 5.96. The van der Waals surface area contributed by atoms with E-state index in [1.165, 1.54) is 0 Å². The first-order valence-corrected chi connectivity index (χ1v) is 8.27. The van der Waals surface area contributed by atoms with E-state index >= 15 is 0 Å². The van der Waals surface area contributed by atoms with Gasteiger partial charge in [0.05, 0.1) is 11.8 Å². The molecule has 4 heteroatoms. The molecule has 1 aromatic carbocycles. The molecule has 0 radical (unpaired) electrons. The highest BCUT2D eigenvalue weighted by atomic mass is 16.4. The minimum Gasteiger partial charge on any atom is -0.481 e. The van der Waals surface area contributed by atoms with E-state index in [9.17, 15) is 14.7 Å². The maximum atomic E-state index is 12.9. The summed E-state index contributed by atoms with van der Waals surface area (Å²) < 4.78 is 0. The number of nitrogens with one attached hydrogen (secondary N) is 1. The fourth-order valence-corrected chi connectivity index (χ4v) is 4.67. The van der Waals surface area contributed by atoms with Gasteiger partial charge in [0.2, 0.25) is 5.91 Å². The van der Waals surface area contributed by atoms with E-state index in [2.05, 4.69) is 11.4 Å². The van der Waals surface area contributed by atoms with Crippen LogP contribution in [-0.2, 0) is 9.59 Å². The Kier molecular flexibility index (Phi) is 3.12. The second-order valence-electron chi connectivity index (χ2n) is 7.23. The summed E-state index contributed by atoms with van der Waals surface area (Å²) in [4.78, 5) is 24.7. The molecule has 1 amide bonds. The SMILES string of the molecule is Cc1cccc(NC(=O)[C@@H]2[C@H]3C=C[C@@H]([C@@H]4C[C@@H]34)[C@@H]2C(=O)O)c1C. The molecule has 0 heterocycles. The van der Waals surface area contributed by atoms with Crippen molar-refractivity contribution >= 4 is 17.6 Å². The van der Waals surface area contributed by atoms with Gasteiger partial charge in [-0.25, -0.2) is 0 Å². The molecular weight excluding hydrogens is 290 g/mol. The van der Waals surface area contributed by atoms with E-state index in [4.69, 9.17) is 0 Å². The van der Waals surface area contributed by atoms with Gasteiger partial charge in [0.25, 0.3) is 0 Å². The first-order chi connectivity index (χ1) is 11.0. The molecule has 0 aliphatic heterocycles. The number of aliphatic carboxylic acids is 1. The zero-order valence-electron chi connectivity index (χ0n) is 13.3. The van der Waals surface area contributed by atoms with Gasteiger partial charge in [-0.2, -0.15) is 0 Å². The van der Waals surface area contributed by atoms with Crippen LogP contribution >= 0.6 is 0 Å². The quantitative estimate of drug-likeness (QED) is 0.843. The lowest BCUT2D eigenvalue weighted by molar-refractivity contribution is -0.152. The van der Waals surface area contributed by atoms with Crippen LogP contribution in [0.2, 0.25) is 0 Å². The number of rotatable bonds is 3. The van der Waals surface area contributed by atoms with Crippen molar-refractivity contribution in [2.75, 3.05) is 5.32 Å². The van der Waals surface area contributed by atoms with Crippen LogP contribution in [0, 0.1) is 49.4 Å².